The average Bonchev–Trinajstić information content (AvgIpc) is 2.48. The van der Waals surface area contributed by atoms with E-state index in [1.807, 2.05) is 31.2 Å². The Hall–Kier alpha value is -1.89. The molecule has 0 unspecified atom stereocenters. The molecule has 5 heteroatoms. The number of anilines is 1. The second-order valence-corrected chi connectivity index (χ2v) is 5.74. The summed E-state index contributed by atoms with van der Waals surface area (Å²) in [4.78, 5) is 23.5. The molecule has 0 saturated heterocycles. The van der Waals surface area contributed by atoms with Crippen LogP contribution in [-0.4, -0.2) is 18.5 Å². The van der Waals surface area contributed by atoms with E-state index in [1.54, 1.807) is 24.3 Å². The van der Waals surface area contributed by atoms with Gasteiger partial charge in [-0.15, -0.1) is 0 Å². The third kappa shape index (κ3) is 4.86. The van der Waals surface area contributed by atoms with Crippen LogP contribution in [0.5, 0.6) is 0 Å². The zero-order chi connectivity index (χ0) is 15.2. The van der Waals surface area contributed by atoms with Crippen LogP contribution in [0.2, 0.25) is 0 Å². The van der Waals surface area contributed by atoms with E-state index in [2.05, 4.69) is 27.9 Å². The van der Waals surface area contributed by atoms with Crippen molar-refractivity contribution in [3.63, 3.8) is 0 Å². The van der Waals surface area contributed by atoms with Crippen LogP contribution in [0, 0.1) is 10.5 Å². The van der Waals surface area contributed by atoms with Crippen molar-refractivity contribution in [1.82, 2.24) is 0 Å². The van der Waals surface area contributed by atoms with Gasteiger partial charge < -0.3 is 10.1 Å². The van der Waals surface area contributed by atoms with Crippen LogP contribution in [0.4, 0.5) is 5.69 Å². The lowest BCUT2D eigenvalue weighted by molar-refractivity contribution is -0.119. The number of ether oxygens (including phenoxy) is 1. The standard InChI is InChI=1S/C16H14INO3/c1-11-2-4-12(5-3-11)16(20)21-10-15(19)18-14-8-6-13(17)7-9-14/h2-9H,10H2,1H3,(H,18,19). The van der Waals surface area contributed by atoms with Gasteiger partial charge in [-0.1, -0.05) is 17.7 Å². The minimum absolute atomic E-state index is 0.307. The quantitative estimate of drug-likeness (QED) is 0.638. The van der Waals surface area contributed by atoms with E-state index in [1.165, 1.54) is 0 Å². The Kier molecular flexibility index (Phi) is 5.32. The molecule has 0 aliphatic carbocycles. The highest BCUT2D eigenvalue weighted by Crippen LogP contribution is 2.11. The molecule has 108 valence electrons. The Bertz CT molecular complexity index is 636. The Morgan fingerprint density at radius 2 is 1.67 bits per heavy atom. The van der Waals surface area contributed by atoms with Gasteiger partial charge in [0.1, 0.15) is 0 Å². The number of nitrogens with one attached hydrogen (secondary N) is 1. The molecule has 0 bridgehead atoms. The molecule has 0 spiro atoms. The maximum absolute atomic E-state index is 11.8. The lowest BCUT2D eigenvalue weighted by Crippen LogP contribution is -2.20. The number of carbonyl (C=O) groups is 2. The summed E-state index contributed by atoms with van der Waals surface area (Å²) in [6.45, 7) is 1.63. The minimum Gasteiger partial charge on any atom is -0.452 e. The van der Waals surface area contributed by atoms with Crippen LogP contribution < -0.4 is 5.32 Å². The summed E-state index contributed by atoms with van der Waals surface area (Å²) in [7, 11) is 0. The highest BCUT2D eigenvalue weighted by molar-refractivity contribution is 14.1. The number of hydrogen-bond acceptors (Lipinski definition) is 3. The maximum Gasteiger partial charge on any atom is 0.338 e. The van der Waals surface area contributed by atoms with Gasteiger partial charge in [-0.25, -0.2) is 4.79 Å². The zero-order valence-corrected chi connectivity index (χ0v) is 13.6. The number of carbonyl (C=O) groups excluding carboxylic acids is 2. The molecule has 21 heavy (non-hydrogen) atoms. The maximum atomic E-state index is 11.8. The van der Waals surface area contributed by atoms with Crippen molar-refractivity contribution in [3.8, 4) is 0 Å². The van der Waals surface area contributed by atoms with Gasteiger partial charge in [-0.05, 0) is 65.9 Å². The molecule has 2 rings (SSSR count). The molecule has 1 amide bonds. The minimum atomic E-state index is -0.507. The monoisotopic (exact) mass is 395 g/mol. The molecular weight excluding hydrogens is 381 g/mol. The van der Waals surface area contributed by atoms with E-state index >= 15 is 0 Å². The number of aryl methyl sites for hydroxylation is 1. The largest absolute Gasteiger partial charge is 0.452 e. The Balaban J connectivity index is 1.84. The van der Waals surface area contributed by atoms with Gasteiger partial charge in [0.2, 0.25) is 0 Å². The number of benzene rings is 2. The van der Waals surface area contributed by atoms with Crippen LogP contribution in [0.3, 0.4) is 0 Å². The van der Waals surface area contributed by atoms with Crippen LogP contribution in [0.15, 0.2) is 48.5 Å². The van der Waals surface area contributed by atoms with E-state index in [9.17, 15) is 9.59 Å². The van der Waals surface area contributed by atoms with Gasteiger partial charge in [0, 0.05) is 9.26 Å². The molecule has 0 atom stereocenters. The summed E-state index contributed by atoms with van der Waals surface area (Å²) in [6, 6.07) is 14.3. The number of rotatable bonds is 4. The van der Waals surface area contributed by atoms with E-state index in [4.69, 9.17) is 4.74 Å². The van der Waals surface area contributed by atoms with Crippen LogP contribution in [-0.2, 0) is 9.53 Å². The summed E-state index contributed by atoms with van der Waals surface area (Å²) >= 11 is 2.18. The Morgan fingerprint density at radius 3 is 2.29 bits per heavy atom. The summed E-state index contributed by atoms with van der Waals surface area (Å²) < 4.78 is 6.05. The topological polar surface area (TPSA) is 55.4 Å². The normalized spacial score (nSPS) is 10.0. The molecule has 0 aliphatic rings. The number of halogens is 1. The number of esters is 1. The van der Waals surface area contributed by atoms with Crippen molar-refractivity contribution in [2.45, 2.75) is 6.92 Å². The van der Waals surface area contributed by atoms with Crippen LogP contribution in [0.25, 0.3) is 0 Å². The Morgan fingerprint density at radius 1 is 1.05 bits per heavy atom. The van der Waals surface area contributed by atoms with Crippen molar-refractivity contribution in [1.29, 1.82) is 0 Å². The first kappa shape index (κ1) is 15.5. The lowest BCUT2D eigenvalue weighted by atomic mass is 10.1. The van der Waals surface area contributed by atoms with E-state index < -0.39 is 5.97 Å². The summed E-state index contributed by atoms with van der Waals surface area (Å²) in [5.74, 6) is -0.871. The Labute approximate surface area is 136 Å². The fourth-order valence-electron chi connectivity index (χ4n) is 1.63. The number of amides is 1. The highest BCUT2D eigenvalue weighted by atomic mass is 127. The molecule has 0 saturated carbocycles. The van der Waals surface area contributed by atoms with Gasteiger partial charge in [0.25, 0.3) is 5.91 Å². The molecule has 0 aliphatic heterocycles. The average molecular weight is 395 g/mol. The summed E-state index contributed by atoms with van der Waals surface area (Å²) in [6.07, 6.45) is 0. The lowest BCUT2D eigenvalue weighted by Gasteiger charge is -2.07. The van der Waals surface area contributed by atoms with Crippen molar-refractivity contribution >= 4 is 40.2 Å². The van der Waals surface area contributed by atoms with Gasteiger partial charge in [0.05, 0.1) is 5.56 Å². The smallest absolute Gasteiger partial charge is 0.338 e. The molecule has 2 aromatic carbocycles. The highest BCUT2D eigenvalue weighted by Gasteiger charge is 2.10. The molecular formula is C16H14INO3. The second kappa shape index (κ2) is 7.21. The predicted molar refractivity (Wildman–Crippen MR) is 89.3 cm³/mol. The zero-order valence-electron chi connectivity index (χ0n) is 11.4. The first-order chi connectivity index (χ1) is 10.0. The van der Waals surface area contributed by atoms with E-state index in [0.717, 1.165) is 9.13 Å². The molecule has 1 N–H and O–H groups in total. The third-order valence-electron chi connectivity index (χ3n) is 2.75. The van der Waals surface area contributed by atoms with Crippen molar-refractivity contribution in [2.75, 3.05) is 11.9 Å². The molecule has 0 fully saturated rings. The van der Waals surface area contributed by atoms with Gasteiger partial charge in [0.15, 0.2) is 6.61 Å². The van der Waals surface area contributed by atoms with Gasteiger partial charge >= 0.3 is 5.97 Å². The van der Waals surface area contributed by atoms with Crippen molar-refractivity contribution in [2.24, 2.45) is 0 Å². The van der Waals surface area contributed by atoms with E-state index in [0.29, 0.717) is 11.3 Å². The molecule has 0 heterocycles. The summed E-state index contributed by atoms with van der Waals surface area (Å²) in [5.41, 5.74) is 2.16. The number of hydrogen-bond donors (Lipinski definition) is 1. The SMILES string of the molecule is Cc1ccc(C(=O)OCC(=O)Nc2ccc(I)cc2)cc1. The third-order valence-corrected chi connectivity index (χ3v) is 3.47. The second-order valence-electron chi connectivity index (χ2n) is 4.50. The molecule has 2 aromatic rings. The van der Waals surface area contributed by atoms with Crippen molar-refractivity contribution in [3.05, 3.63) is 63.2 Å². The fourth-order valence-corrected chi connectivity index (χ4v) is 1.99. The predicted octanol–water partition coefficient (Wildman–Crippen LogP) is 3.40. The van der Waals surface area contributed by atoms with Crippen LogP contribution >= 0.6 is 22.6 Å². The molecule has 0 aromatic heterocycles. The first-order valence-corrected chi connectivity index (χ1v) is 7.42. The van der Waals surface area contributed by atoms with Crippen molar-refractivity contribution < 1.29 is 14.3 Å². The van der Waals surface area contributed by atoms with Crippen LogP contribution in [0.1, 0.15) is 15.9 Å². The molecule has 4 nitrogen and oxygen atoms in total. The van der Waals surface area contributed by atoms with Gasteiger partial charge in [-0.2, -0.15) is 0 Å². The van der Waals surface area contributed by atoms with Gasteiger partial charge in [-0.3, -0.25) is 4.79 Å². The first-order valence-electron chi connectivity index (χ1n) is 6.34. The molecule has 0 radical (unpaired) electrons. The summed E-state index contributed by atoms with van der Waals surface area (Å²) in [5, 5.41) is 2.67. The van der Waals surface area contributed by atoms with E-state index in [-0.39, 0.29) is 12.5 Å². The fraction of sp³-hybridized carbons (Fsp3) is 0.125.